The van der Waals surface area contributed by atoms with Gasteiger partial charge in [0.2, 0.25) is 5.95 Å². The predicted octanol–water partition coefficient (Wildman–Crippen LogP) is 3.36. The first-order valence-electron chi connectivity index (χ1n) is 13.2. The number of carbonyl (C=O) groups excluding carboxylic acids is 1. The maximum Gasteiger partial charge on any atom is 0.259 e. The van der Waals surface area contributed by atoms with Gasteiger partial charge in [-0.05, 0) is 68.6 Å². The molecule has 3 fully saturated rings. The van der Waals surface area contributed by atoms with Crippen LogP contribution in [0.3, 0.4) is 0 Å². The molecule has 1 unspecified atom stereocenters. The number of amides is 1. The Morgan fingerprint density at radius 1 is 1.11 bits per heavy atom. The Morgan fingerprint density at radius 2 is 1.97 bits per heavy atom. The van der Waals surface area contributed by atoms with E-state index < -0.39 is 10.0 Å². The zero-order valence-electron chi connectivity index (χ0n) is 21.2. The number of benzene rings is 1. The van der Waals surface area contributed by atoms with Gasteiger partial charge in [0.15, 0.2) is 5.94 Å². The predicted molar refractivity (Wildman–Crippen MR) is 143 cm³/mol. The molecule has 2 N–H and O–H groups in total. The van der Waals surface area contributed by atoms with E-state index in [1.54, 1.807) is 18.2 Å². The molecule has 10 nitrogen and oxygen atoms in total. The van der Waals surface area contributed by atoms with Crippen molar-refractivity contribution < 1.29 is 17.9 Å². The first-order chi connectivity index (χ1) is 17.8. The average Bonchev–Trinajstić information content (AvgIpc) is 3.63. The van der Waals surface area contributed by atoms with Crippen molar-refractivity contribution in [3.05, 3.63) is 35.5 Å². The van der Waals surface area contributed by atoms with Crippen LogP contribution >= 0.6 is 0 Å². The smallest absolute Gasteiger partial charge is 0.259 e. The first kappa shape index (κ1) is 24.4. The molecule has 11 heteroatoms. The molecule has 1 saturated carbocycles. The van der Waals surface area contributed by atoms with Crippen LogP contribution in [0, 0.1) is 18.3 Å². The number of nitrogens with one attached hydrogen (secondary N) is 2. The largest absolute Gasteiger partial charge is 0.371 e. The Hall–Kier alpha value is -2.92. The molecule has 198 valence electrons. The summed E-state index contributed by atoms with van der Waals surface area (Å²) in [5.74, 6) is 0.905. The van der Waals surface area contributed by atoms with E-state index in [4.69, 9.17) is 4.74 Å². The summed E-state index contributed by atoms with van der Waals surface area (Å²) in [5, 5.41) is 6.27. The highest BCUT2D eigenvalue weighted by Crippen LogP contribution is 2.58. The highest BCUT2D eigenvalue weighted by atomic mass is 32.2. The molecule has 4 bridgehead atoms. The fraction of sp³-hybridized carbons (Fsp3) is 0.577. The second-order valence-electron chi connectivity index (χ2n) is 10.8. The van der Waals surface area contributed by atoms with Crippen molar-refractivity contribution >= 4 is 39.1 Å². The summed E-state index contributed by atoms with van der Waals surface area (Å²) in [6.45, 7) is 5.00. The first-order valence-corrected chi connectivity index (χ1v) is 14.8. The summed E-state index contributed by atoms with van der Waals surface area (Å²) in [6.07, 6.45) is 6.94. The molecule has 37 heavy (non-hydrogen) atoms. The Kier molecular flexibility index (Phi) is 6.22. The van der Waals surface area contributed by atoms with Gasteiger partial charge in [-0.1, -0.05) is 6.42 Å². The summed E-state index contributed by atoms with van der Waals surface area (Å²) in [5.41, 5.74) is 3.05. The van der Waals surface area contributed by atoms with Gasteiger partial charge in [0.1, 0.15) is 5.82 Å². The maximum atomic E-state index is 13.6. The van der Waals surface area contributed by atoms with Crippen LogP contribution in [0.2, 0.25) is 0 Å². The van der Waals surface area contributed by atoms with Crippen molar-refractivity contribution in [2.75, 3.05) is 58.6 Å². The zero-order valence-corrected chi connectivity index (χ0v) is 22.0. The van der Waals surface area contributed by atoms with E-state index in [2.05, 4.69) is 25.5 Å². The number of nitrogens with zero attached hydrogens (tertiary/aromatic N) is 4. The lowest BCUT2D eigenvalue weighted by Crippen LogP contribution is -2.43. The Labute approximate surface area is 217 Å². The summed E-state index contributed by atoms with van der Waals surface area (Å²) in [4.78, 5) is 24.9. The van der Waals surface area contributed by atoms with Crippen molar-refractivity contribution in [2.45, 2.75) is 45.4 Å². The minimum Gasteiger partial charge on any atom is -0.371 e. The second kappa shape index (κ2) is 9.43. The quantitative estimate of drug-likeness (QED) is 0.581. The number of rotatable bonds is 1. The van der Waals surface area contributed by atoms with Crippen LogP contribution in [0.15, 0.2) is 24.3 Å². The lowest BCUT2D eigenvalue weighted by atomic mass is 9.79. The van der Waals surface area contributed by atoms with E-state index in [9.17, 15) is 13.2 Å². The number of sulfonamides is 1. The minimum atomic E-state index is -3.57. The maximum absolute atomic E-state index is 13.6. The monoisotopic (exact) mass is 526 g/mol. The van der Waals surface area contributed by atoms with Crippen molar-refractivity contribution in [3.8, 4) is 0 Å². The Balaban J connectivity index is 1.41. The molecule has 1 amide bonds. The van der Waals surface area contributed by atoms with Crippen molar-refractivity contribution in [2.24, 2.45) is 11.3 Å². The number of aryl methyl sites for hydroxylation is 1. The van der Waals surface area contributed by atoms with Crippen LogP contribution in [-0.2, 0) is 14.8 Å². The molecule has 1 atom stereocenters. The van der Waals surface area contributed by atoms with E-state index in [1.807, 2.05) is 13.0 Å². The van der Waals surface area contributed by atoms with Crippen LogP contribution in [0.5, 0.6) is 0 Å². The van der Waals surface area contributed by atoms with E-state index >= 15 is 0 Å². The lowest BCUT2D eigenvalue weighted by Gasteiger charge is -2.41. The van der Waals surface area contributed by atoms with Crippen LogP contribution < -0.4 is 19.8 Å². The molecule has 0 radical (unpaired) electrons. The topological polar surface area (TPSA) is 117 Å². The number of fused-ring (bicyclic) bond motifs is 7. The molecular weight excluding hydrogens is 492 g/mol. The Bertz CT molecular complexity index is 1310. The molecule has 1 aromatic carbocycles. The molecular formula is C26H34N6O4S. The zero-order chi connectivity index (χ0) is 25.6. The van der Waals surface area contributed by atoms with Gasteiger partial charge in [-0.15, -0.1) is 0 Å². The minimum absolute atomic E-state index is 0.259. The van der Waals surface area contributed by atoms with Crippen LogP contribution in [0.1, 0.15) is 54.6 Å². The second-order valence-corrected chi connectivity index (χ2v) is 12.6. The summed E-state index contributed by atoms with van der Waals surface area (Å²) in [6, 6.07) is 7.09. The summed E-state index contributed by atoms with van der Waals surface area (Å²) in [7, 11) is -3.57. The number of hydrogen-bond donors (Lipinski definition) is 2. The molecule has 1 aromatic heterocycles. The third-order valence-electron chi connectivity index (χ3n) is 8.30. The third kappa shape index (κ3) is 4.86. The van der Waals surface area contributed by atoms with E-state index in [1.165, 1.54) is 17.1 Å². The lowest BCUT2D eigenvalue weighted by molar-refractivity contribution is 0.102. The fourth-order valence-corrected chi connectivity index (χ4v) is 7.34. The molecule has 1 spiro atoms. The number of hydrogen-bond acceptors (Lipinski definition) is 8. The van der Waals surface area contributed by atoms with Gasteiger partial charge in [0.25, 0.3) is 15.9 Å². The van der Waals surface area contributed by atoms with Gasteiger partial charge in [-0.3, -0.25) is 9.10 Å². The molecule has 2 saturated heterocycles. The molecule has 1 aliphatic carbocycles. The summed E-state index contributed by atoms with van der Waals surface area (Å²) < 4.78 is 32.1. The number of piperidine rings is 1. The van der Waals surface area contributed by atoms with Gasteiger partial charge in [0.05, 0.1) is 30.1 Å². The molecule has 2 aromatic rings. The van der Waals surface area contributed by atoms with E-state index in [-0.39, 0.29) is 18.4 Å². The average molecular weight is 527 g/mol. The van der Waals surface area contributed by atoms with Crippen LogP contribution in [0.4, 0.5) is 23.1 Å². The van der Waals surface area contributed by atoms with E-state index in [0.717, 1.165) is 56.7 Å². The SMILES string of the molecule is Cc1cc2nc(n1)NCCCCC1CN(CCC13CC3)c1cc(N3CCOCS3(=O)=O)ccc1C(=O)N2. The standard InChI is InChI=1S/C26H34N6O4S/c1-18-14-23-29-24(33)21-6-5-20(32-12-13-36-17-37(32,34)35)15-22(21)31-11-9-26(7-8-26)19(16-31)4-2-3-10-27-25(28-18)30-23/h5-6,14-15,19H,2-4,7-13,16-17H2,1H3,(H2,27,28,29,30,33). The number of anilines is 4. The number of ether oxygens (including phenoxy) is 1. The van der Waals surface area contributed by atoms with Crippen LogP contribution in [-0.4, -0.2) is 63.0 Å². The Morgan fingerprint density at radius 3 is 2.78 bits per heavy atom. The third-order valence-corrected chi connectivity index (χ3v) is 9.83. The molecule has 4 aliphatic rings. The molecule has 6 rings (SSSR count). The van der Waals surface area contributed by atoms with Crippen LogP contribution in [0.25, 0.3) is 0 Å². The van der Waals surface area contributed by atoms with Crippen molar-refractivity contribution in [1.29, 1.82) is 0 Å². The van der Waals surface area contributed by atoms with Crippen molar-refractivity contribution in [1.82, 2.24) is 9.97 Å². The fourth-order valence-electron chi connectivity index (χ4n) is 6.09. The van der Waals surface area contributed by atoms with Gasteiger partial charge in [-0.2, -0.15) is 4.98 Å². The normalized spacial score (nSPS) is 24.8. The summed E-state index contributed by atoms with van der Waals surface area (Å²) >= 11 is 0. The van der Waals surface area contributed by atoms with E-state index in [0.29, 0.717) is 41.0 Å². The molecule has 4 heterocycles. The van der Waals surface area contributed by atoms with Gasteiger partial charge in [-0.25, -0.2) is 13.4 Å². The van der Waals surface area contributed by atoms with Crippen molar-refractivity contribution in [3.63, 3.8) is 0 Å². The van der Waals surface area contributed by atoms with Gasteiger partial charge >= 0.3 is 0 Å². The molecule has 3 aliphatic heterocycles. The van der Waals surface area contributed by atoms with Gasteiger partial charge in [0, 0.05) is 31.4 Å². The number of carbonyl (C=O) groups is 1. The highest BCUT2D eigenvalue weighted by molar-refractivity contribution is 7.92. The van der Waals surface area contributed by atoms with Gasteiger partial charge < -0.3 is 20.3 Å². The number of aromatic nitrogens is 2. The highest BCUT2D eigenvalue weighted by Gasteiger charge is 2.51.